The monoisotopic (exact) mass is 422 g/mol. The fourth-order valence-corrected chi connectivity index (χ4v) is 1.61. The van der Waals surface area contributed by atoms with Gasteiger partial charge in [0.15, 0.2) is 0 Å². The normalized spacial score (nSPS) is 14.1. The lowest BCUT2D eigenvalue weighted by atomic mass is 10.1. The molecule has 0 bridgehead atoms. The smallest absolute Gasteiger partial charge is 0.306 e. The molecule has 29 heavy (non-hydrogen) atoms. The summed E-state index contributed by atoms with van der Waals surface area (Å²) in [5.74, 6) is -0.751. The minimum absolute atomic E-state index is 0.119. The summed E-state index contributed by atoms with van der Waals surface area (Å²) in [7, 11) is 0. The molecular formula is C21H42O8. The molecule has 0 aromatic rings. The van der Waals surface area contributed by atoms with Crippen LogP contribution in [0.15, 0.2) is 0 Å². The average molecular weight is 423 g/mol. The lowest BCUT2D eigenvalue weighted by Gasteiger charge is -2.10. The third kappa shape index (κ3) is 28.6. The van der Waals surface area contributed by atoms with Crippen molar-refractivity contribution in [3.05, 3.63) is 0 Å². The van der Waals surface area contributed by atoms with E-state index in [4.69, 9.17) is 25.2 Å². The number of aliphatic hydroxyl groups is 2. The van der Waals surface area contributed by atoms with E-state index in [9.17, 15) is 14.4 Å². The number of aliphatic carboxylic acids is 2. The topological polar surface area (TPSA) is 141 Å². The summed E-state index contributed by atoms with van der Waals surface area (Å²) in [5, 5.41) is 33.7. The van der Waals surface area contributed by atoms with Gasteiger partial charge in [-0.25, -0.2) is 0 Å². The van der Waals surface area contributed by atoms with Crippen molar-refractivity contribution in [3.8, 4) is 0 Å². The maximum Gasteiger partial charge on any atom is 0.306 e. The van der Waals surface area contributed by atoms with Crippen LogP contribution in [0.5, 0.6) is 0 Å². The highest BCUT2D eigenvalue weighted by atomic mass is 16.5. The Labute approximate surface area is 175 Å². The lowest BCUT2D eigenvalue weighted by Crippen LogP contribution is -2.22. The molecule has 4 atom stereocenters. The summed E-state index contributed by atoms with van der Waals surface area (Å²) in [6.07, 6.45) is 2.85. The maximum absolute atomic E-state index is 11.0. The molecule has 0 spiro atoms. The molecule has 0 saturated heterocycles. The number of hydrogen-bond acceptors (Lipinski definition) is 6. The van der Waals surface area contributed by atoms with Crippen LogP contribution in [0.25, 0.3) is 0 Å². The van der Waals surface area contributed by atoms with Crippen LogP contribution in [0, 0.1) is 17.8 Å². The van der Waals surface area contributed by atoms with Crippen molar-refractivity contribution in [1.82, 2.24) is 0 Å². The Morgan fingerprint density at radius 2 is 1.10 bits per heavy atom. The molecule has 0 radical (unpaired) electrons. The quantitative estimate of drug-likeness (QED) is 0.351. The van der Waals surface area contributed by atoms with Crippen molar-refractivity contribution < 1.29 is 39.5 Å². The highest BCUT2D eigenvalue weighted by molar-refractivity contribution is 5.69. The van der Waals surface area contributed by atoms with Crippen LogP contribution in [0.2, 0.25) is 0 Å². The number of hydrogen-bond donors (Lipinski definition) is 4. The summed E-state index contributed by atoms with van der Waals surface area (Å²) in [6, 6.07) is 0. The number of esters is 1. The van der Waals surface area contributed by atoms with Crippen LogP contribution in [0.3, 0.4) is 0 Å². The number of rotatable bonds is 12. The molecule has 0 fully saturated rings. The van der Waals surface area contributed by atoms with E-state index < -0.39 is 18.0 Å². The summed E-state index contributed by atoms with van der Waals surface area (Å²) in [5.41, 5.74) is 0. The molecule has 0 saturated carbocycles. The molecule has 0 aliphatic heterocycles. The van der Waals surface area contributed by atoms with E-state index in [1.165, 1.54) is 0 Å². The second-order valence-corrected chi connectivity index (χ2v) is 7.46. The molecule has 4 unspecified atom stereocenters. The van der Waals surface area contributed by atoms with Gasteiger partial charge in [-0.15, -0.1) is 0 Å². The minimum atomic E-state index is -0.958. The van der Waals surface area contributed by atoms with Crippen molar-refractivity contribution in [3.63, 3.8) is 0 Å². The molecular weight excluding hydrogens is 380 g/mol. The van der Waals surface area contributed by atoms with E-state index in [-0.39, 0.29) is 19.2 Å². The lowest BCUT2D eigenvalue weighted by molar-refractivity contribution is -0.148. The molecule has 0 aliphatic carbocycles. The number of ether oxygens (including phenoxy) is 1. The molecule has 0 aromatic heterocycles. The van der Waals surface area contributed by atoms with E-state index >= 15 is 0 Å². The number of carbonyl (C=O) groups is 3. The zero-order chi connectivity index (χ0) is 23.4. The van der Waals surface area contributed by atoms with E-state index in [0.29, 0.717) is 37.0 Å². The first kappa shape index (κ1) is 32.0. The van der Waals surface area contributed by atoms with E-state index in [2.05, 4.69) is 0 Å². The SMILES string of the molecule is CCC(C)CC(=O)O.CCC(C)CC(=O)O.CCC(C)CC(=O)OCC(O)CO. The fourth-order valence-electron chi connectivity index (χ4n) is 1.61. The van der Waals surface area contributed by atoms with Gasteiger partial charge < -0.3 is 25.2 Å². The summed E-state index contributed by atoms with van der Waals surface area (Å²) in [6.45, 7) is 11.3. The zero-order valence-corrected chi connectivity index (χ0v) is 18.9. The summed E-state index contributed by atoms with van der Waals surface area (Å²) in [4.78, 5) is 31.0. The molecule has 4 N–H and O–H groups in total. The molecule has 0 aliphatic rings. The molecule has 8 heteroatoms. The second-order valence-electron chi connectivity index (χ2n) is 7.46. The Hall–Kier alpha value is -1.67. The third-order valence-electron chi connectivity index (χ3n) is 4.30. The number of carbonyl (C=O) groups excluding carboxylic acids is 1. The van der Waals surface area contributed by atoms with Crippen LogP contribution in [0.4, 0.5) is 0 Å². The predicted molar refractivity (Wildman–Crippen MR) is 112 cm³/mol. The van der Waals surface area contributed by atoms with Crippen LogP contribution < -0.4 is 0 Å². The van der Waals surface area contributed by atoms with Gasteiger partial charge in [0, 0.05) is 19.3 Å². The summed E-state index contributed by atoms with van der Waals surface area (Å²) >= 11 is 0. The molecule has 0 amide bonds. The first-order valence-electron chi connectivity index (χ1n) is 10.3. The van der Waals surface area contributed by atoms with Gasteiger partial charge in [-0.05, 0) is 17.8 Å². The second kappa shape index (κ2) is 21.0. The van der Waals surface area contributed by atoms with Gasteiger partial charge in [0.1, 0.15) is 12.7 Å². The first-order valence-corrected chi connectivity index (χ1v) is 10.3. The van der Waals surface area contributed by atoms with Gasteiger partial charge in [0.25, 0.3) is 0 Å². The first-order chi connectivity index (χ1) is 13.4. The van der Waals surface area contributed by atoms with Crippen LogP contribution >= 0.6 is 0 Å². The van der Waals surface area contributed by atoms with Crippen LogP contribution in [-0.4, -0.2) is 57.7 Å². The highest BCUT2D eigenvalue weighted by Crippen LogP contribution is 2.07. The van der Waals surface area contributed by atoms with Gasteiger partial charge in [-0.1, -0.05) is 60.8 Å². The molecule has 174 valence electrons. The predicted octanol–water partition coefficient (Wildman–Crippen LogP) is 3.33. The third-order valence-corrected chi connectivity index (χ3v) is 4.30. The Kier molecular flexibility index (Phi) is 23.2. The van der Waals surface area contributed by atoms with Gasteiger partial charge in [-0.3, -0.25) is 14.4 Å². The van der Waals surface area contributed by atoms with Crippen molar-refractivity contribution >= 4 is 17.9 Å². The number of aliphatic hydroxyl groups excluding tert-OH is 2. The molecule has 0 aromatic carbocycles. The van der Waals surface area contributed by atoms with Crippen LogP contribution in [0.1, 0.15) is 80.1 Å². The van der Waals surface area contributed by atoms with Gasteiger partial charge in [0.05, 0.1) is 6.61 Å². The Bertz CT molecular complexity index is 403. The number of carboxylic acid groups (broad SMARTS) is 2. The maximum atomic E-state index is 11.0. The Morgan fingerprint density at radius 3 is 1.34 bits per heavy atom. The molecule has 8 nitrogen and oxygen atoms in total. The highest BCUT2D eigenvalue weighted by Gasteiger charge is 2.10. The van der Waals surface area contributed by atoms with Crippen molar-refractivity contribution in [2.75, 3.05) is 13.2 Å². The van der Waals surface area contributed by atoms with Crippen LogP contribution in [-0.2, 0) is 19.1 Å². The fraction of sp³-hybridized carbons (Fsp3) is 0.857. The summed E-state index contributed by atoms with van der Waals surface area (Å²) < 4.78 is 4.72. The van der Waals surface area contributed by atoms with E-state index in [0.717, 1.165) is 19.3 Å². The standard InChI is InChI=1S/C9H18O4.2C6H12O2/c1-3-7(2)4-9(12)13-6-8(11)5-10;2*1-3-5(2)4-6(7)8/h7-8,10-11H,3-6H2,1-2H3;2*5H,3-4H2,1-2H3,(H,7,8). The Balaban J connectivity index is -0.000000368. The largest absolute Gasteiger partial charge is 0.481 e. The molecule has 0 heterocycles. The minimum Gasteiger partial charge on any atom is -0.481 e. The average Bonchev–Trinajstić information content (AvgIpc) is 2.65. The van der Waals surface area contributed by atoms with E-state index in [1.807, 2.05) is 41.5 Å². The van der Waals surface area contributed by atoms with Crippen molar-refractivity contribution in [1.29, 1.82) is 0 Å². The molecule has 0 rings (SSSR count). The van der Waals surface area contributed by atoms with Gasteiger partial charge in [-0.2, -0.15) is 0 Å². The zero-order valence-electron chi connectivity index (χ0n) is 18.9. The van der Waals surface area contributed by atoms with Gasteiger partial charge in [0.2, 0.25) is 0 Å². The van der Waals surface area contributed by atoms with E-state index in [1.54, 1.807) is 0 Å². The van der Waals surface area contributed by atoms with Gasteiger partial charge >= 0.3 is 17.9 Å². The number of carboxylic acids is 2. The van der Waals surface area contributed by atoms with Crippen molar-refractivity contribution in [2.24, 2.45) is 17.8 Å². The van der Waals surface area contributed by atoms with Crippen molar-refractivity contribution in [2.45, 2.75) is 86.2 Å². The Morgan fingerprint density at radius 1 is 0.759 bits per heavy atom.